The number of nitrogens with zero attached hydrogens (tertiary/aromatic N) is 2. The fourth-order valence-electron chi connectivity index (χ4n) is 0.829. The third kappa shape index (κ3) is 3.87. The van der Waals surface area contributed by atoms with Crippen molar-refractivity contribution < 1.29 is 27.9 Å². The lowest BCUT2D eigenvalue weighted by Crippen LogP contribution is -2.20. The van der Waals surface area contributed by atoms with Gasteiger partial charge in [0.1, 0.15) is 0 Å². The van der Waals surface area contributed by atoms with E-state index in [1.54, 1.807) is 0 Å². The molecule has 0 saturated carbocycles. The van der Waals surface area contributed by atoms with Crippen molar-refractivity contribution in [2.45, 2.75) is 19.8 Å². The van der Waals surface area contributed by atoms with Crippen LogP contribution in [0.15, 0.2) is 0 Å². The molecule has 0 saturated heterocycles. The molecule has 16 heavy (non-hydrogen) atoms. The predicted molar refractivity (Wildman–Crippen MR) is 56.1 cm³/mol. The number of unbranched alkanes of at least 4 members (excludes halogenated alkanes) is 1. The second-order valence-electron chi connectivity index (χ2n) is 2.78. The minimum Gasteiger partial charge on any atom is -0.457 e. The summed E-state index contributed by atoms with van der Waals surface area (Å²) in [6.07, 6.45) is 1.50. The summed E-state index contributed by atoms with van der Waals surface area (Å²) < 4.78 is 25.5. The molecule has 0 aromatic heterocycles. The van der Waals surface area contributed by atoms with Gasteiger partial charge in [0, 0.05) is 14.2 Å². The van der Waals surface area contributed by atoms with Crippen molar-refractivity contribution in [2.75, 3.05) is 20.8 Å². The summed E-state index contributed by atoms with van der Waals surface area (Å²) in [5.74, 6) is -1.01. The van der Waals surface area contributed by atoms with Crippen molar-refractivity contribution in [3.05, 3.63) is 5.53 Å². The van der Waals surface area contributed by atoms with E-state index in [9.17, 15) is 9.36 Å². The molecule has 0 aliphatic carbocycles. The number of esters is 1. The van der Waals surface area contributed by atoms with Crippen LogP contribution in [-0.4, -0.2) is 37.0 Å². The van der Waals surface area contributed by atoms with E-state index in [0.717, 1.165) is 20.6 Å². The Labute approximate surface area is 93.8 Å². The molecule has 0 aromatic rings. The molecule has 0 aliphatic heterocycles. The van der Waals surface area contributed by atoms with Crippen molar-refractivity contribution in [2.24, 2.45) is 0 Å². The molecule has 7 nitrogen and oxygen atoms in total. The second-order valence-corrected chi connectivity index (χ2v) is 4.92. The van der Waals surface area contributed by atoms with Crippen LogP contribution in [0.4, 0.5) is 0 Å². The van der Waals surface area contributed by atoms with Gasteiger partial charge < -0.3 is 19.3 Å². The average Bonchev–Trinajstić information content (AvgIpc) is 2.30. The Morgan fingerprint density at radius 2 is 1.94 bits per heavy atom. The molecule has 0 aliphatic rings. The number of hydrogen-bond acceptors (Lipinski definition) is 5. The van der Waals surface area contributed by atoms with Gasteiger partial charge in [-0.15, -0.1) is 4.79 Å². The highest BCUT2D eigenvalue weighted by Crippen LogP contribution is 2.47. The maximum atomic E-state index is 11.7. The summed E-state index contributed by atoms with van der Waals surface area (Å²) in [6, 6.07) is 0. The van der Waals surface area contributed by atoms with Crippen LogP contribution in [0.1, 0.15) is 19.8 Å². The zero-order valence-corrected chi connectivity index (χ0v) is 10.4. The van der Waals surface area contributed by atoms with Gasteiger partial charge in [-0.1, -0.05) is 13.3 Å². The summed E-state index contributed by atoms with van der Waals surface area (Å²) in [6.45, 7) is 2.08. The molecule has 0 aromatic carbocycles. The maximum Gasteiger partial charge on any atom is 0.484 e. The Kier molecular flexibility index (Phi) is 6.85. The fraction of sp³-hybridized carbons (Fsp3) is 0.750. The van der Waals surface area contributed by atoms with Crippen LogP contribution in [0, 0.1) is 0 Å². The predicted octanol–water partition coefficient (Wildman–Crippen LogP) is 1.44. The van der Waals surface area contributed by atoms with Crippen LogP contribution < -0.4 is 0 Å². The topological polar surface area (TPSA) is 98.2 Å². The number of ether oxygens (including phenoxy) is 1. The standard InChI is InChI=1S/C8H15N2O5P/c1-4-5-6-15-8(11)7(10-9)16(12,13-2)14-3/h4-6H2,1-3H3. The SMILES string of the molecule is CCCCOC(=O)C(=[N+]=[N-])P(=O)(OC)OC. The molecule has 0 fully saturated rings. The first-order valence-electron chi connectivity index (χ1n) is 4.67. The first-order chi connectivity index (χ1) is 7.55. The van der Waals surface area contributed by atoms with Crippen LogP contribution >= 0.6 is 7.60 Å². The highest BCUT2D eigenvalue weighted by molar-refractivity contribution is 7.74. The number of hydrogen-bond donors (Lipinski definition) is 0. The number of carbonyl (C=O) groups is 1. The molecule has 0 atom stereocenters. The molecule has 0 unspecified atom stereocenters. The van der Waals surface area contributed by atoms with E-state index in [4.69, 9.17) is 10.3 Å². The number of carbonyl (C=O) groups excluding carboxylic acids is 1. The Hall–Kier alpha value is -1.00. The van der Waals surface area contributed by atoms with E-state index < -0.39 is 19.0 Å². The largest absolute Gasteiger partial charge is 0.484 e. The van der Waals surface area contributed by atoms with Gasteiger partial charge in [0.25, 0.3) is 0 Å². The summed E-state index contributed by atoms with van der Waals surface area (Å²) in [5.41, 5.74) is 7.85. The molecule has 0 amide bonds. The molecule has 0 rings (SSSR count). The van der Waals surface area contributed by atoms with E-state index in [-0.39, 0.29) is 6.61 Å². The first kappa shape index (κ1) is 15.0. The normalized spacial score (nSPS) is 10.7. The van der Waals surface area contributed by atoms with Crippen LogP contribution in [0.2, 0.25) is 0 Å². The molecule has 0 bridgehead atoms. The van der Waals surface area contributed by atoms with Crippen LogP contribution in [-0.2, 0) is 23.1 Å². The van der Waals surface area contributed by atoms with E-state index in [1.807, 2.05) is 6.92 Å². The van der Waals surface area contributed by atoms with Crippen molar-refractivity contribution in [1.29, 1.82) is 0 Å². The van der Waals surface area contributed by atoms with Gasteiger partial charge in [-0.3, -0.25) is 0 Å². The Morgan fingerprint density at radius 3 is 2.31 bits per heavy atom. The van der Waals surface area contributed by atoms with Crippen LogP contribution in [0.5, 0.6) is 0 Å². The van der Waals surface area contributed by atoms with Crippen molar-refractivity contribution in [3.8, 4) is 0 Å². The van der Waals surface area contributed by atoms with Crippen LogP contribution in [0.3, 0.4) is 0 Å². The monoisotopic (exact) mass is 250 g/mol. The van der Waals surface area contributed by atoms with E-state index in [2.05, 4.69) is 13.8 Å². The summed E-state index contributed by atoms with van der Waals surface area (Å²) in [7, 11) is -1.71. The van der Waals surface area contributed by atoms with Gasteiger partial charge >= 0.3 is 19.0 Å². The van der Waals surface area contributed by atoms with Gasteiger partial charge in [-0.2, -0.15) is 0 Å². The molecule has 0 heterocycles. The van der Waals surface area contributed by atoms with Gasteiger partial charge in [-0.05, 0) is 6.42 Å². The Morgan fingerprint density at radius 1 is 1.38 bits per heavy atom. The highest BCUT2D eigenvalue weighted by atomic mass is 31.2. The average molecular weight is 250 g/mol. The Balaban J connectivity index is 4.70. The quantitative estimate of drug-likeness (QED) is 0.170. The third-order valence-electron chi connectivity index (χ3n) is 1.75. The van der Waals surface area contributed by atoms with Crippen molar-refractivity contribution in [1.82, 2.24) is 0 Å². The van der Waals surface area contributed by atoms with Gasteiger partial charge in [0.15, 0.2) is 0 Å². The Bertz CT molecular complexity index is 329. The molecule has 0 N–H and O–H groups in total. The fourth-order valence-corrected chi connectivity index (χ4v) is 1.72. The van der Waals surface area contributed by atoms with E-state index >= 15 is 0 Å². The highest BCUT2D eigenvalue weighted by Gasteiger charge is 2.45. The lowest BCUT2D eigenvalue weighted by atomic mass is 10.4. The molecular formula is C8H15N2O5P. The van der Waals surface area contributed by atoms with Gasteiger partial charge in [0.05, 0.1) is 6.61 Å². The summed E-state index contributed by atoms with van der Waals surface area (Å²) in [4.78, 5) is 14.0. The van der Waals surface area contributed by atoms with Gasteiger partial charge in [0.2, 0.25) is 0 Å². The zero-order valence-electron chi connectivity index (χ0n) is 9.50. The van der Waals surface area contributed by atoms with Crippen molar-refractivity contribution in [3.63, 3.8) is 0 Å². The number of rotatable bonds is 7. The minimum absolute atomic E-state index is 0.155. The summed E-state index contributed by atoms with van der Waals surface area (Å²) >= 11 is 0. The maximum absolute atomic E-state index is 11.7. The van der Waals surface area contributed by atoms with Gasteiger partial charge in [-0.25, -0.2) is 9.36 Å². The van der Waals surface area contributed by atoms with E-state index in [0.29, 0.717) is 6.42 Å². The summed E-state index contributed by atoms with van der Waals surface area (Å²) in [5, 5.41) is 0. The van der Waals surface area contributed by atoms with Crippen LogP contribution in [0.25, 0.3) is 5.53 Å². The molecule has 8 heteroatoms. The van der Waals surface area contributed by atoms with Crippen molar-refractivity contribution >= 4 is 19.0 Å². The minimum atomic E-state index is -3.87. The molecule has 92 valence electrons. The molecule has 0 spiro atoms. The second kappa shape index (κ2) is 7.30. The smallest absolute Gasteiger partial charge is 0.457 e. The lowest BCUT2D eigenvalue weighted by Gasteiger charge is -2.08. The first-order valence-corrected chi connectivity index (χ1v) is 6.21. The van der Waals surface area contributed by atoms with E-state index in [1.165, 1.54) is 0 Å². The third-order valence-corrected chi connectivity index (χ3v) is 3.50. The molecule has 0 radical (unpaired) electrons. The lowest BCUT2D eigenvalue weighted by molar-refractivity contribution is -0.139. The molecular weight excluding hydrogens is 235 g/mol. The zero-order chi connectivity index (χ0) is 12.6.